The molecule has 2 aromatic heterocycles. The van der Waals surface area contributed by atoms with Crippen molar-refractivity contribution in [3.63, 3.8) is 0 Å². The van der Waals surface area contributed by atoms with Crippen molar-refractivity contribution in [3.05, 3.63) is 34.3 Å². The fourth-order valence-electron chi connectivity index (χ4n) is 1.44. The molecular weight excluding hydrogens is 286 g/mol. The van der Waals surface area contributed by atoms with Crippen LogP contribution in [0.5, 0.6) is 0 Å². The molecule has 1 amide bonds. The number of nitrogens with zero attached hydrogens (tertiary/aromatic N) is 3. The summed E-state index contributed by atoms with van der Waals surface area (Å²) in [5.74, 6) is -0.208. The molecule has 0 saturated heterocycles. The molecule has 6 nitrogen and oxygen atoms in total. The van der Waals surface area contributed by atoms with E-state index >= 15 is 0 Å². The average Bonchev–Trinajstić information content (AvgIpc) is 3.01. The largest absolute Gasteiger partial charge is 0.351 e. The number of rotatable bonds is 6. The molecule has 8 heteroatoms. The Morgan fingerprint density at radius 3 is 3.05 bits per heavy atom. The highest BCUT2D eigenvalue weighted by Gasteiger charge is 2.10. The molecule has 0 aliphatic carbocycles. The summed E-state index contributed by atoms with van der Waals surface area (Å²) in [5, 5.41) is 12.5. The molecule has 2 rings (SSSR count). The minimum Gasteiger partial charge on any atom is -0.351 e. The third kappa shape index (κ3) is 4.62. The quantitative estimate of drug-likeness (QED) is 0.776. The topological polar surface area (TPSA) is 85.8 Å². The third-order valence-electron chi connectivity index (χ3n) is 2.34. The molecule has 0 spiro atoms. The fraction of sp³-hybridized carbons (Fsp3) is 0.364. The minimum atomic E-state index is -0.208. The van der Waals surface area contributed by atoms with E-state index in [0.717, 1.165) is 6.42 Å². The SMILES string of the molecule is Cl.NCCCNC(=O)c1cn(Cc2cccs2)nn1. The smallest absolute Gasteiger partial charge is 0.273 e. The van der Waals surface area contributed by atoms with Crippen molar-refractivity contribution in [1.82, 2.24) is 20.3 Å². The molecule has 104 valence electrons. The lowest BCUT2D eigenvalue weighted by Gasteiger charge is -1.99. The predicted octanol–water partition coefficient (Wildman–Crippen LogP) is 0.888. The van der Waals surface area contributed by atoms with Crippen molar-refractivity contribution in [3.8, 4) is 0 Å². The number of carbonyl (C=O) groups is 1. The Labute approximate surface area is 121 Å². The van der Waals surface area contributed by atoms with E-state index in [9.17, 15) is 4.79 Å². The Morgan fingerprint density at radius 2 is 2.37 bits per heavy atom. The molecule has 2 heterocycles. The number of hydrogen-bond acceptors (Lipinski definition) is 5. The summed E-state index contributed by atoms with van der Waals surface area (Å²) in [4.78, 5) is 12.8. The Bertz CT molecular complexity index is 499. The van der Waals surface area contributed by atoms with Gasteiger partial charge in [-0.2, -0.15) is 0 Å². The molecule has 0 unspecified atom stereocenters. The molecule has 0 saturated carbocycles. The van der Waals surface area contributed by atoms with Gasteiger partial charge in [-0.1, -0.05) is 11.3 Å². The number of nitrogens with one attached hydrogen (secondary N) is 1. The number of nitrogens with two attached hydrogens (primary N) is 1. The van der Waals surface area contributed by atoms with Crippen LogP contribution in [0.3, 0.4) is 0 Å². The summed E-state index contributed by atoms with van der Waals surface area (Å²) < 4.78 is 1.66. The van der Waals surface area contributed by atoms with Crippen molar-refractivity contribution in [2.45, 2.75) is 13.0 Å². The maximum atomic E-state index is 11.7. The minimum absolute atomic E-state index is 0. The van der Waals surface area contributed by atoms with Gasteiger partial charge in [0.2, 0.25) is 0 Å². The zero-order chi connectivity index (χ0) is 12.8. The molecule has 0 bridgehead atoms. The highest BCUT2D eigenvalue weighted by atomic mass is 35.5. The van der Waals surface area contributed by atoms with Crippen LogP contribution in [0.25, 0.3) is 0 Å². The average molecular weight is 302 g/mol. The monoisotopic (exact) mass is 301 g/mol. The lowest BCUT2D eigenvalue weighted by molar-refractivity contribution is 0.0948. The zero-order valence-corrected chi connectivity index (χ0v) is 11.9. The Morgan fingerprint density at radius 1 is 1.53 bits per heavy atom. The first-order valence-corrected chi connectivity index (χ1v) is 6.58. The molecule has 0 aliphatic rings. The van der Waals surface area contributed by atoms with E-state index < -0.39 is 0 Å². The molecule has 0 fully saturated rings. The van der Waals surface area contributed by atoms with E-state index in [4.69, 9.17) is 5.73 Å². The van der Waals surface area contributed by atoms with Crippen LogP contribution in [-0.2, 0) is 6.54 Å². The van der Waals surface area contributed by atoms with E-state index in [-0.39, 0.29) is 18.3 Å². The van der Waals surface area contributed by atoms with Crippen molar-refractivity contribution < 1.29 is 4.79 Å². The van der Waals surface area contributed by atoms with Gasteiger partial charge in [0.1, 0.15) is 0 Å². The molecule has 0 atom stereocenters. The van der Waals surface area contributed by atoms with Gasteiger partial charge < -0.3 is 11.1 Å². The Kier molecular flexibility index (Phi) is 6.48. The predicted molar refractivity (Wildman–Crippen MR) is 76.7 cm³/mol. The normalized spacial score (nSPS) is 9.95. The second-order valence-corrected chi connectivity index (χ2v) is 4.81. The standard InChI is InChI=1S/C11H15N5OS.ClH/c12-4-2-5-13-11(17)10-8-16(15-14-10)7-9-3-1-6-18-9;/h1,3,6,8H,2,4-5,7,12H2,(H,13,17);1H. The first-order valence-electron chi connectivity index (χ1n) is 5.70. The summed E-state index contributed by atoms with van der Waals surface area (Å²) in [6.45, 7) is 1.76. The van der Waals surface area contributed by atoms with Gasteiger partial charge in [-0.3, -0.25) is 4.79 Å². The fourth-order valence-corrected chi connectivity index (χ4v) is 2.13. The van der Waals surface area contributed by atoms with Crippen LogP contribution in [-0.4, -0.2) is 34.0 Å². The van der Waals surface area contributed by atoms with Crippen LogP contribution in [0.1, 0.15) is 21.8 Å². The van der Waals surface area contributed by atoms with Crippen molar-refractivity contribution in [2.75, 3.05) is 13.1 Å². The van der Waals surface area contributed by atoms with Crippen LogP contribution >= 0.6 is 23.7 Å². The number of halogens is 1. The Balaban J connectivity index is 0.00000180. The van der Waals surface area contributed by atoms with Crippen LogP contribution in [0.4, 0.5) is 0 Å². The summed E-state index contributed by atoms with van der Waals surface area (Å²) in [5.41, 5.74) is 5.69. The summed E-state index contributed by atoms with van der Waals surface area (Å²) in [6, 6.07) is 4.00. The first-order chi connectivity index (χ1) is 8.79. The summed E-state index contributed by atoms with van der Waals surface area (Å²) >= 11 is 1.65. The highest BCUT2D eigenvalue weighted by Crippen LogP contribution is 2.09. The zero-order valence-electron chi connectivity index (χ0n) is 10.3. The molecule has 0 aliphatic heterocycles. The number of hydrogen-bond donors (Lipinski definition) is 2. The van der Waals surface area contributed by atoms with Crippen LogP contribution in [0.15, 0.2) is 23.7 Å². The van der Waals surface area contributed by atoms with E-state index in [1.165, 1.54) is 4.88 Å². The van der Waals surface area contributed by atoms with Crippen LogP contribution in [0, 0.1) is 0 Å². The number of thiophene rings is 1. The molecule has 3 N–H and O–H groups in total. The number of carbonyl (C=O) groups excluding carboxylic acids is 1. The molecule has 0 radical (unpaired) electrons. The summed E-state index contributed by atoms with van der Waals surface area (Å²) in [6.07, 6.45) is 2.41. The number of aromatic nitrogens is 3. The van der Waals surface area contributed by atoms with E-state index in [2.05, 4.69) is 15.6 Å². The van der Waals surface area contributed by atoms with E-state index in [1.807, 2.05) is 17.5 Å². The van der Waals surface area contributed by atoms with Gasteiger partial charge in [-0.15, -0.1) is 28.8 Å². The maximum absolute atomic E-state index is 11.7. The molecular formula is C11H16ClN5OS. The van der Waals surface area contributed by atoms with Crippen molar-refractivity contribution in [1.29, 1.82) is 0 Å². The van der Waals surface area contributed by atoms with E-state index in [0.29, 0.717) is 25.3 Å². The van der Waals surface area contributed by atoms with E-state index in [1.54, 1.807) is 22.2 Å². The van der Waals surface area contributed by atoms with Gasteiger partial charge in [-0.05, 0) is 24.4 Å². The number of amides is 1. The van der Waals surface area contributed by atoms with Crippen LogP contribution in [0.2, 0.25) is 0 Å². The third-order valence-corrected chi connectivity index (χ3v) is 3.20. The lowest BCUT2D eigenvalue weighted by Crippen LogP contribution is -2.26. The van der Waals surface area contributed by atoms with Gasteiger partial charge in [0.05, 0.1) is 12.7 Å². The lowest BCUT2D eigenvalue weighted by atomic mass is 10.4. The van der Waals surface area contributed by atoms with Gasteiger partial charge >= 0.3 is 0 Å². The van der Waals surface area contributed by atoms with Gasteiger partial charge in [0, 0.05) is 11.4 Å². The highest BCUT2D eigenvalue weighted by molar-refractivity contribution is 7.09. The van der Waals surface area contributed by atoms with Gasteiger partial charge in [-0.25, -0.2) is 4.68 Å². The van der Waals surface area contributed by atoms with Crippen LogP contribution < -0.4 is 11.1 Å². The molecule has 0 aromatic carbocycles. The summed E-state index contributed by atoms with van der Waals surface area (Å²) in [7, 11) is 0. The first kappa shape index (κ1) is 15.6. The molecule has 19 heavy (non-hydrogen) atoms. The van der Waals surface area contributed by atoms with Crippen molar-refractivity contribution >= 4 is 29.7 Å². The molecule has 2 aromatic rings. The van der Waals surface area contributed by atoms with Gasteiger partial charge in [0.25, 0.3) is 5.91 Å². The Hall–Kier alpha value is -1.44. The van der Waals surface area contributed by atoms with Crippen molar-refractivity contribution in [2.24, 2.45) is 5.73 Å². The second kappa shape index (κ2) is 7.88. The van der Waals surface area contributed by atoms with Gasteiger partial charge in [0.15, 0.2) is 5.69 Å². The maximum Gasteiger partial charge on any atom is 0.273 e. The second-order valence-electron chi connectivity index (χ2n) is 3.78.